The Morgan fingerprint density at radius 2 is 2.11 bits per heavy atom. The van der Waals surface area contributed by atoms with E-state index in [0.29, 0.717) is 17.9 Å². The van der Waals surface area contributed by atoms with Crippen molar-refractivity contribution >= 4 is 5.82 Å². The van der Waals surface area contributed by atoms with Crippen molar-refractivity contribution in [1.82, 2.24) is 15.2 Å². The highest BCUT2D eigenvalue weighted by Crippen LogP contribution is 2.21. The monoisotopic (exact) mass is 253 g/mol. The SMILES string of the molecule is Cc1nnc(N(C)Cc2cccnc2)c(C#N)c1C. The zero-order chi connectivity index (χ0) is 13.8. The van der Waals surface area contributed by atoms with Gasteiger partial charge in [0, 0.05) is 26.0 Å². The highest BCUT2D eigenvalue weighted by Gasteiger charge is 2.14. The summed E-state index contributed by atoms with van der Waals surface area (Å²) in [5.41, 5.74) is 3.31. The number of nitriles is 1. The molecule has 0 aromatic carbocycles. The number of rotatable bonds is 3. The standard InChI is InChI=1S/C14H15N5/c1-10-11(2)17-18-14(13(10)7-15)19(3)9-12-5-4-6-16-8-12/h4-6,8H,9H2,1-3H3. The fourth-order valence-corrected chi connectivity index (χ4v) is 1.84. The number of aromatic nitrogens is 3. The average molecular weight is 253 g/mol. The van der Waals surface area contributed by atoms with Crippen LogP contribution in [0.5, 0.6) is 0 Å². The maximum atomic E-state index is 9.28. The van der Waals surface area contributed by atoms with E-state index in [4.69, 9.17) is 0 Å². The topological polar surface area (TPSA) is 65.7 Å². The zero-order valence-corrected chi connectivity index (χ0v) is 11.3. The molecule has 19 heavy (non-hydrogen) atoms. The van der Waals surface area contributed by atoms with Gasteiger partial charge in [-0.1, -0.05) is 6.07 Å². The van der Waals surface area contributed by atoms with E-state index in [1.807, 2.05) is 37.9 Å². The molecule has 0 spiro atoms. The molecule has 2 heterocycles. The number of aryl methyl sites for hydroxylation is 1. The van der Waals surface area contributed by atoms with Gasteiger partial charge < -0.3 is 4.90 Å². The number of pyridine rings is 1. The fourth-order valence-electron chi connectivity index (χ4n) is 1.84. The quantitative estimate of drug-likeness (QED) is 0.837. The van der Waals surface area contributed by atoms with Crippen LogP contribution in [0.3, 0.4) is 0 Å². The molecule has 0 aliphatic heterocycles. The molecular formula is C14H15N5. The van der Waals surface area contributed by atoms with E-state index < -0.39 is 0 Å². The lowest BCUT2D eigenvalue weighted by Crippen LogP contribution is -2.20. The van der Waals surface area contributed by atoms with Crippen LogP contribution in [0, 0.1) is 25.2 Å². The van der Waals surface area contributed by atoms with Gasteiger partial charge in [0.1, 0.15) is 11.6 Å². The molecule has 0 amide bonds. The molecule has 5 heteroatoms. The van der Waals surface area contributed by atoms with Gasteiger partial charge in [-0.15, -0.1) is 5.10 Å². The molecule has 2 aromatic rings. The summed E-state index contributed by atoms with van der Waals surface area (Å²) in [6, 6.07) is 6.09. The van der Waals surface area contributed by atoms with Crippen molar-refractivity contribution in [3.63, 3.8) is 0 Å². The van der Waals surface area contributed by atoms with Gasteiger partial charge in [0.25, 0.3) is 0 Å². The molecule has 0 bridgehead atoms. The minimum Gasteiger partial charge on any atom is -0.353 e. The minimum absolute atomic E-state index is 0.582. The molecule has 0 N–H and O–H groups in total. The van der Waals surface area contributed by atoms with Crippen LogP contribution in [0.4, 0.5) is 5.82 Å². The Bertz CT molecular complexity index is 616. The maximum absolute atomic E-state index is 9.28. The molecule has 0 saturated heterocycles. The third kappa shape index (κ3) is 2.68. The molecule has 96 valence electrons. The summed E-state index contributed by atoms with van der Waals surface area (Å²) in [7, 11) is 1.90. The van der Waals surface area contributed by atoms with E-state index in [9.17, 15) is 5.26 Å². The Balaban J connectivity index is 2.32. The van der Waals surface area contributed by atoms with Crippen molar-refractivity contribution in [3.8, 4) is 6.07 Å². The van der Waals surface area contributed by atoms with Crippen LogP contribution in [0.25, 0.3) is 0 Å². The van der Waals surface area contributed by atoms with E-state index >= 15 is 0 Å². The predicted octanol–water partition coefficient (Wildman–Crippen LogP) is 2.00. The van der Waals surface area contributed by atoms with Gasteiger partial charge >= 0.3 is 0 Å². The molecule has 0 aliphatic rings. The Morgan fingerprint density at radius 1 is 1.32 bits per heavy atom. The molecule has 2 aromatic heterocycles. The van der Waals surface area contributed by atoms with Crippen molar-refractivity contribution in [3.05, 3.63) is 46.9 Å². The van der Waals surface area contributed by atoms with Gasteiger partial charge in [0.05, 0.1) is 5.69 Å². The third-order valence-corrected chi connectivity index (χ3v) is 3.05. The molecule has 0 radical (unpaired) electrons. The lowest BCUT2D eigenvalue weighted by atomic mass is 10.1. The summed E-state index contributed by atoms with van der Waals surface area (Å²) in [5, 5.41) is 17.5. The second kappa shape index (κ2) is 5.44. The largest absolute Gasteiger partial charge is 0.353 e. The molecular weight excluding hydrogens is 238 g/mol. The molecule has 0 aliphatic carbocycles. The van der Waals surface area contributed by atoms with Crippen LogP contribution in [0.2, 0.25) is 0 Å². The van der Waals surface area contributed by atoms with Crippen LogP contribution >= 0.6 is 0 Å². The van der Waals surface area contributed by atoms with E-state index in [0.717, 1.165) is 16.8 Å². The fraction of sp³-hybridized carbons (Fsp3) is 0.286. The van der Waals surface area contributed by atoms with Gasteiger partial charge in [0.15, 0.2) is 5.82 Å². The van der Waals surface area contributed by atoms with Gasteiger partial charge in [-0.2, -0.15) is 10.4 Å². The highest BCUT2D eigenvalue weighted by molar-refractivity contribution is 5.57. The second-order valence-electron chi connectivity index (χ2n) is 4.44. The molecule has 0 fully saturated rings. The Labute approximate surface area is 112 Å². The first kappa shape index (κ1) is 13.0. The van der Waals surface area contributed by atoms with E-state index in [1.165, 1.54) is 0 Å². The second-order valence-corrected chi connectivity index (χ2v) is 4.44. The summed E-state index contributed by atoms with van der Waals surface area (Å²) in [4.78, 5) is 5.99. The number of hydrogen-bond acceptors (Lipinski definition) is 5. The number of anilines is 1. The van der Waals surface area contributed by atoms with Gasteiger partial charge in [-0.3, -0.25) is 4.98 Å². The highest BCUT2D eigenvalue weighted by atomic mass is 15.2. The summed E-state index contributed by atoms with van der Waals surface area (Å²) in [6.45, 7) is 4.39. The van der Waals surface area contributed by atoms with Crippen molar-refractivity contribution in [2.24, 2.45) is 0 Å². The van der Waals surface area contributed by atoms with Gasteiger partial charge in [-0.05, 0) is 31.0 Å². The molecule has 0 saturated carbocycles. The molecule has 2 rings (SSSR count). The van der Waals surface area contributed by atoms with Crippen molar-refractivity contribution in [2.45, 2.75) is 20.4 Å². The van der Waals surface area contributed by atoms with Crippen molar-refractivity contribution in [1.29, 1.82) is 5.26 Å². The van der Waals surface area contributed by atoms with Crippen LogP contribution in [-0.2, 0) is 6.54 Å². The summed E-state index contributed by atoms with van der Waals surface area (Å²) in [5.74, 6) is 0.606. The van der Waals surface area contributed by atoms with E-state index in [1.54, 1.807) is 12.4 Å². The first-order chi connectivity index (χ1) is 9.13. The molecule has 5 nitrogen and oxygen atoms in total. The molecule has 0 unspecified atom stereocenters. The lowest BCUT2D eigenvalue weighted by Gasteiger charge is -2.19. The molecule has 0 atom stereocenters. The summed E-state index contributed by atoms with van der Waals surface area (Å²) >= 11 is 0. The Morgan fingerprint density at radius 3 is 2.74 bits per heavy atom. The maximum Gasteiger partial charge on any atom is 0.169 e. The van der Waals surface area contributed by atoms with E-state index in [2.05, 4.69) is 21.3 Å². The van der Waals surface area contributed by atoms with Crippen LogP contribution in [0.1, 0.15) is 22.4 Å². The smallest absolute Gasteiger partial charge is 0.169 e. The lowest BCUT2D eigenvalue weighted by molar-refractivity contribution is 0.843. The average Bonchev–Trinajstić information content (AvgIpc) is 2.42. The van der Waals surface area contributed by atoms with Crippen LogP contribution < -0.4 is 4.90 Å². The first-order valence-electron chi connectivity index (χ1n) is 5.97. The minimum atomic E-state index is 0.582. The normalized spacial score (nSPS) is 10.0. The third-order valence-electron chi connectivity index (χ3n) is 3.05. The zero-order valence-electron chi connectivity index (χ0n) is 11.3. The predicted molar refractivity (Wildman–Crippen MR) is 72.6 cm³/mol. The van der Waals surface area contributed by atoms with Crippen molar-refractivity contribution < 1.29 is 0 Å². The van der Waals surface area contributed by atoms with E-state index in [-0.39, 0.29) is 0 Å². The number of hydrogen-bond donors (Lipinski definition) is 0. The van der Waals surface area contributed by atoms with Crippen LogP contribution in [0.15, 0.2) is 24.5 Å². The first-order valence-corrected chi connectivity index (χ1v) is 5.97. The van der Waals surface area contributed by atoms with Crippen molar-refractivity contribution in [2.75, 3.05) is 11.9 Å². The van der Waals surface area contributed by atoms with Gasteiger partial charge in [-0.25, -0.2) is 0 Å². The summed E-state index contributed by atoms with van der Waals surface area (Å²) in [6.07, 6.45) is 3.54. The van der Waals surface area contributed by atoms with Crippen LogP contribution in [-0.4, -0.2) is 22.2 Å². The Kier molecular flexibility index (Phi) is 3.71. The number of nitrogens with zero attached hydrogens (tertiary/aromatic N) is 5. The Hall–Kier alpha value is -2.48. The van der Waals surface area contributed by atoms with Gasteiger partial charge in [0.2, 0.25) is 0 Å². The summed E-state index contributed by atoms with van der Waals surface area (Å²) < 4.78 is 0.